The highest BCUT2D eigenvalue weighted by Gasteiger charge is 2.23. The molecule has 20 heavy (non-hydrogen) atoms. The Kier molecular flexibility index (Phi) is 5.38. The Bertz CT molecular complexity index is 438. The first-order chi connectivity index (χ1) is 9.63. The van der Waals surface area contributed by atoms with Crippen molar-refractivity contribution in [1.29, 1.82) is 0 Å². The van der Waals surface area contributed by atoms with Crippen molar-refractivity contribution < 1.29 is 9.13 Å². The molecule has 1 aromatic rings. The number of rotatable bonds is 5. The Hall–Kier alpha value is -1.13. The zero-order valence-corrected chi connectivity index (χ0v) is 12.7. The summed E-state index contributed by atoms with van der Waals surface area (Å²) < 4.78 is 19.0. The fourth-order valence-corrected chi connectivity index (χ4v) is 2.68. The molecule has 3 nitrogen and oxygen atoms in total. The third-order valence-corrected chi connectivity index (χ3v) is 4.27. The highest BCUT2D eigenvalue weighted by atomic mass is 19.1. The lowest BCUT2D eigenvalue weighted by Gasteiger charge is -2.36. The van der Waals surface area contributed by atoms with Crippen molar-refractivity contribution in [3.63, 3.8) is 0 Å². The van der Waals surface area contributed by atoms with Gasteiger partial charge in [-0.25, -0.2) is 4.39 Å². The average molecular weight is 280 g/mol. The summed E-state index contributed by atoms with van der Waals surface area (Å²) >= 11 is 0. The van der Waals surface area contributed by atoms with Crippen molar-refractivity contribution in [3.05, 3.63) is 29.6 Å². The molecular weight excluding hydrogens is 255 g/mol. The minimum absolute atomic E-state index is 0.178. The van der Waals surface area contributed by atoms with Gasteiger partial charge in [-0.3, -0.25) is 4.90 Å². The topological polar surface area (TPSA) is 24.5 Å². The van der Waals surface area contributed by atoms with Crippen LogP contribution in [-0.4, -0.2) is 37.7 Å². The monoisotopic (exact) mass is 280 g/mol. The lowest BCUT2D eigenvalue weighted by molar-refractivity contribution is 0.161. The molecule has 4 heteroatoms. The van der Waals surface area contributed by atoms with E-state index < -0.39 is 0 Å². The molecule has 1 aliphatic heterocycles. The third kappa shape index (κ3) is 3.70. The first-order valence-electron chi connectivity index (χ1n) is 7.42. The van der Waals surface area contributed by atoms with Crippen molar-refractivity contribution in [3.8, 4) is 5.75 Å². The molecule has 0 amide bonds. The van der Waals surface area contributed by atoms with Crippen molar-refractivity contribution in [2.75, 3.05) is 26.7 Å². The van der Waals surface area contributed by atoms with Gasteiger partial charge >= 0.3 is 0 Å². The Labute approximate surface area is 121 Å². The molecule has 1 aliphatic rings. The summed E-state index contributed by atoms with van der Waals surface area (Å²) in [6.07, 6.45) is 1.17. The van der Waals surface area contributed by atoms with Gasteiger partial charge in [0.25, 0.3) is 0 Å². The van der Waals surface area contributed by atoms with Crippen LogP contribution in [0.25, 0.3) is 0 Å². The van der Waals surface area contributed by atoms with Gasteiger partial charge in [0.2, 0.25) is 0 Å². The summed E-state index contributed by atoms with van der Waals surface area (Å²) in [5.41, 5.74) is 0.746. The molecule has 2 rings (SSSR count). The van der Waals surface area contributed by atoms with Gasteiger partial charge in [-0.05, 0) is 12.0 Å². The van der Waals surface area contributed by atoms with Crippen LogP contribution in [0.15, 0.2) is 18.2 Å². The summed E-state index contributed by atoms with van der Waals surface area (Å²) in [6.45, 7) is 8.10. The maximum absolute atomic E-state index is 14.0. The van der Waals surface area contributed by atoms with E-state index in [4.69, 9.17) is 4.74 Å². The first kappa shape index (κ1) is 15.3. The molecule has 112 valence electrons. The number of ether oxygens (including phenoxy) is 1. The van der Waals surface area contributed by atoms with Crippen LogP contribution >= 0.6 is 0 Å². The SMILES string of the molecule is CCC(C)C1CN(Cc2ccc(OC)cc2F)CCN1. The van der Waals surface area contributed by atoms with E-state index in [-0.39, 0.29) is 5.82 Å². The Morgan fingerprint density at radius 2 is 2.30 bits per heavy atom. The van der Waals surface area contributed by atoms with Gasteiger partial charge in [0.05, 0.1) is 7.11 Å². The normalized spacial score (nSPS) is 21.7. The molecule has 0 spiro atoms. The number of methoxy groups -OCH3 is 1. The van der Waals surface area contributed by atoms with E-state index in [2.05, 4.69) is 24.1 Å². The number of hydrogen-bond donors (Lipinski definition) is 1. The Balaban J connectivity index is 1.99. The highest BCUT2D eigenvalue weighted by Crippen LogP contribution is 2.19. The zero-order valence-electron chi connectivity index (χ0n) is 12.7. The van der Waals surface area contributed by atoms with E-state index in [9.17, 15) is 4.39 Å². The van der Waals surface area contributed by atoms with E-state index in [0.717, 1.165) is 25.2 Å². The second-order valence-corrected chi connectivity index (χ2v) is 5.64. The van der Waals surface area contributed by atoms with Crippen LogP contribution in [0.5, 0.6) is 5.75 Å². The predicted molar refractivity (Wildman–Crippen MR) is 79.5 cm³/mol. The molecule has 0 bridgehead atoms. The summed E-state index contributed by atoms with van der Waals surface area (Å²) in [5.74, 6) is 1.05. The summed E-state index contributed by atoms with van der Waals surface area (Å²) in [5, 5.41) is 3.56. The van der Waals surface area contributed by atoms with Crippen molar-refractivity contribution in [1.82, 2.24) is 10.2 Å². The van der Waals surface area contributed by atoms with Crippen molar-refractivity contribution in [2.45, 2.75) is 32.9 Å². The van der Waals surface area contributed by atoms with Gasteiger partial charge in [0, 0.05) is 43.9 Å². The molecule has 1 aromatic carbocycles. The number of piperazine rings is 1. The molecule has 0 aliphatic carbocycles. The standard InChI is InChI=1S/C16H25FN2O/c1-4-12(2)16-11-19(8-7-18-16)10-13-5-6-14(20-3)9-15(13)17/h5-6,9,12,16,18H,4,7-8,10-11H2,1-3H3. The number of halogens is 1. The summed E-state index contributed by atoms with van der Waals surface area (Å²) in [4.78, 5) is 2.33. The van der Waals surface area contributed by atoms with E-state index in [0.29, 0.717) is 24.3 Å². The van der Waals surface area contributed by atoms with Crippen LogP contribution in [0, 0.1) is 11.7 Å². The van der Waals surface area contributed by atoms with Crippen LogP contribution in [0.2, 0.25) is 0 Å². The van der Waals surface area contributed by atoms with E-state index in [1.807, 2.05) is 12.1 Å². The number of benzene rings is 1. The lowest BCUT2D eigenvalue weighted by atomic mass is 9.97. The van der Waals surface area contributed by atoms with Crippen molar-refractivity contribution >= 4 is 0 Å². The summed E-state index contributed by atoms with van der Waals surface area (Å²) in [7, 11) is 1.56. The largest absolute Gasteiger partial charge is 0.497 e. The fourth-order valence-electron chi connectivity index (χ4n) is 2.68. The minimum atomic E-state index is -0.178. The number of nitrogens with zero attached hydrogens (tertiary/aromatic N) is 1. The van der Waals surface area contributed by atoms with Gasteiger partial charge < -0.3 is 10.1 Å². The molecule has 0 saturated carbocycles. The van der Waals surface area contributed by atoms with Crippen LogP contribution < -0.4 is 10.1 Å². The summed E-state index contributed by atoms with van der Waals surface area (Å²) in [6, 6.07) is 5.63. The number of hydrogen-bond acceptors (Lipinski definition) is 3. The minimum Gasteiger partial charge on any atom is -0.497 e. The first-order valence-corrected chi connectivity index (χ1v) is 7.42. The fraction of sp³-hybridized carbons (Fsp3) is 0.625. The second-order valence-electron chi connectivity index (χ2n) is 5.64. The molecule has 1 saturated heterocycles. The third-order valence-electron chi connectivity index (χ3n) is 4.27. The van der Waals surface area contributed by atoms with Gasteiger partial charge in [0.1, 0.15) is 11.6 Å². The molecule has 2 atom stereocenters. The van der Waals surface area contributed by atoms with Crippen molar-refractivity contribution in [2.24, 2.45) is 5.92 Å². The smallest absolute Gasteiger partial charge is 0.131 e. The predicted octanol–water partition coefficient (Wildman–Crippen LogP) is 2.65. The Morgan fingerprint density at radius 3 is 2.95 bits per heavy atom. The van der Waals surface area contributed by atoms with Crippen LogP contribution in [0.4, 0.5) is 4.39 Å². The average Bonchev–Trinajstić information content (AvgIpc) is 2.48. The zero-order chi connectivity index (χ0) is 14.5. The van der Waals surface area contributed by atoms with E-state index in [1.54, 1.807) is 7.11 Å². The number of nitrogens with one attached hydrogen (secondary N) is 1. The van der Waals surface area contributed by atoms with Gasteiger partial charge in [-0.15, -0.1) is 0 Å². The van der Waals surface area contributed by atoms with E-state index >= 15 is 0 Å². The van der Waals surface area contributed by atoms with Gasteiger partial charge in [-0.2, -0.15) is 0 Å². The molecule has 1 N–H and O–H groups in total. The van der Waals surface area contributed by atoms with Crippen LogP contribution in [0.3, 0.4) is 0 Å². The quantitative estimate of drug-likeness (QED) is 0.897. The molecule has 1 heterocycles. The van der Waals surface area contributed by atoms with Crippen LogP contribution in [0.1, 0.15) is 25.8 Å². The maximum atomic E-state index is 14.0. The molecule has 0 radical (unpaired) electrons. The van der Waals surface area contributed by atoms with Crippen LogP contribution in [-0.2, 0) is 6.54 Å². The highest BCUT2D eigenvalue weighted by molar-refractivity contribution is 5.28. The maximum Gasteiger partial charge on any atom is 0.131 e. The Morgan fingerprint density at radius 1 is 1.50 bits per heavy atom. The van der Waals surface area contributed by atoms with E-state index in [1.165, 1.54) is 12.5 Å². The second kappa shape index (κ2) is 7.04. The molecule has 1 fully saturated rings. The molecular formula is C16H25FN2O. The van der Waals surface area contributed by atoms with Gasteiger partial charge in [-0.1, -0.05) is 26.3 Å². The van der Waals surface area contributed by atoms with Gasteiger partial charge in [0.15, 0.2) is 0 Å². The molecule has 2 unspecified atom stereocenters. The molecule has 0 aromatic heterocycles. The lowest BCUT2D eigenvalue weighted by Crippen LogP contribution is -2.52.